The third kappa shape index (κ3) is 6.00. The van der Waals surface area contributed by atoms with Crippen molar-refractivity contribution in [2.24, 2.45) is 45.8 Å². The SMILES string of the molecule is CC(C)CC1CC(C)CC(C)(C(C)C)C1.CCC1(C)CC(C)CC1(C)C. The summed E-state index contributed by atoms with van der Waals surface area (Å²) in [6, 6.07) is 0. The molecule has 0 nitrogen and oxygen atoms in total. The van der Waals surface area contributed by atoms with Crippen LogP contribution in [0.4, 0.5) is 0 Å². The molecule has 156 valence electrons. The van der Waals surface area contributed by atoms with E-state index < -0.39 is 0 Å². The first-order valence-corrected chi connectivity index (χ1v) is 11.7. The molecular formula is C26H52. The average molecular weight is 365 g/mol. The quantitative estimate of drug-likeness (QED) is 0.467. The predicted molar refractivity (Wildman–Crippen MR) is 119 cm³/mol. The number of rotatable bonds is 4. The topological polar surface area (TPSA) is 0 Å². The molecule has 0 aromatic heterocycles. The van der Waals surface area contributed by atoms with Crippen molar-refractivity contribution < 1.29 is 0 Å². The summed E-state index contributed by atoms with van der Waals surface area (Å²) in [6.45, 7) is 26.6. The molecule has 0 radical (unpaired) electrons. The second kappa shape index (κ2) is 9.00. The zero-order valence-corrected chi connectivity index (χ0v) is 20.3. The van der Waals surface area contributed by atoms with Gasteiger partial charge >= 0.3 is 0 Å². The Kier molecular flexibility index (Phi) is 8.32. The highest BCUT2D eigenvalue weighted by molar-refractivity contribution is 4.96. The molecular weight excluding hydrogens is 312 g/mol. The summed E-state index contributed by atoms with van der Waals surface area (Å²) in [7, 11) is 0. The lowest BCUT2D eigenvalue weighted by Crippen LogP contribution is -2.34. The largest absolute Gasteiger partial charge is 0.0648 e. The van der Waals surface area contributed by atoms with Crippen molar-refractivity contribution in [3.63, 3.8) is 0 Å². The summed E-state index contributed by atoms with van der Waals surface area (Å²) < 4.78 is 0. The predicted octanol–water partition coefficient (Wildman–Crippen LogP) is 8.99. The molecule has 0 spiro atoms. The van der Waals surface area contributed by atoms with Crippen LogP contribution in [0.2, 0.25) is 0 Å². The van der Waals surface area contributed by atoms with Gasteiger partial charge in [0.05, 0.1) is 0 Å². The Morgan fingerprint density at radius 1 is 0.808 bits per heavy atom. The normalized spacial score (nSPS) is 39.8. The molecule has 0 saturated heterocycles. The first kappa shape index (κ1) is 24.0. The molecule has 26 heavy (non-hydrogen) atoms. The van der Waals surface area contributed by atoms with Gasteiger partial charge < -0.3 is 0 Å². The Balaban J connectivity index is 0.000000273. The molecule has 0 aromatic carbocycles. The van der Waals surface area contributed by atoms with Crippen LogP contribution in [0.5, 0.6) is 0 Å². The Bertz CT molecular complexity index is 416. The highest BCUT2D eigenvalue weighted by Crippen LogP contribution is 2.56. The number of hydrogen-bond donors (Lipinski definition) is 0. The molecule has 2 aliphatic carbocycles. The van der Waals surface area contributed by atoms with Gasteiger partial charge in [0.15, 0.2) is 0 Å². The van der Waals surface area contributed by atoms with E-state index in [4.69, 9.17) is 0 Å². The van der Waals surface area contributed by atoms with Gasteiger partial charge in [-0.3, -0.25) is 0 Å². The summed E-state index contributed by atoms with van der Waals surface area (Å²) in [6.07, 6.45) is 10.00. The second-order valence-corrected chi connectivity index (χ2v) is 12.4. The van der Waals surface area contributed by atoms with Gasteiger partial charge in [-0.05, 0) is 84.4 Å². The van der Waals surface area contributed by atoms with Crippen molar-refractivity contribution in [2.75, 3.05) is 0 Å². The zero-order chi connectivity index (χ0) is 20.3. The van der Waals surface area contributed by atoms with Crippen molar-refractivity contribution in [1.82, 2.24) is 0 Å². The lowest BCUT2D eigenvalue weighted by atomic mass is 9.61. The smallest absolute Gasteiger partial charge is 0.0275 e. The average Bonchev–Trinajstić information content (AvgIpc) is 2.65. The standard InChI is InChI=1S/C15H30.C11H22/c1-11(2)7-14-8-13(5)9-15(6,10-14)12(3)4;1-6-11(5)8-9(2)7-10(11,3)4/h11-14H,7-10H2,1-6H3;9H,6-8H2,1-5H3. The number of hydrogen-bond acceptors (Lipinski definition) is 0. The van der Waals surface area contributed by atoms with Crippen LogP contribution >= 0.6 is 0 Å². The maximum Gasteiger partial charge on any atom is -0.0275 e. The van der Waals surface area contributed by atoms with E-state index in [-0.39, 0.29) is 0 Å². The van der Waals surface area contributed by atoms with Crippen LogP contribution in [0.1, 0.15) is 121 Å². The van der Waals surface area contributed by atoms with Crippen LogP contribution in [0.3, 0.4) is 0 Å². The molecule has 0 amide bonds. The monoisotopic (exact) mass is 364 g/mol. The molecule has 2 saturated carbocycles. The lowest BCUT2D eigenvalue weighted by Gasteiger charge is -2.45. The fraction of sp³-hybridized carbons (Fsp3) is 1.00. The summed E-state index contributed by atoms with van der Waals surface area (Å²) in [5.74, 6) is 4.58. The van der Waals surface area contributed by atoms with Crippen molar-refractivity contribution in [2.45, 2.75) is 121 Å². The van der Waals surface area contributed by atoms with Gasteiger partial charge in [-0.1, -0.05) is 82.6 Å². The van der Waals surface area contributed by atoms with Crippen LogP contribution < -0.4 is 0 Å². The lowest BCUT2D eigenvalue weighted by molar-refractivity contribution is 0.0597. The molecule has 0 heterocycles. The van der Waals surface area contributed by atoms with E-state index in [1.165, 1.54) is 44.9 Å². The van der Waals surface area contributed by atoms with Gasteiger partial charge in [-0.15, -0.1) is 0 Å². The Morgan fingerprint density at radius 2 is 1.38 bits per heavy atom. The molecule has 5 atom stereocenters. The fourth-order valence-corrected chi connectivity index (χ4v) is 6.45. The van der Waals surface area contributed by atoms with E-state index in [0.29, 0.717) is 16.2 Å². The first-order chi connectivity index (χ1) is 11.7. The van der Waals surface area contributed by atoms with Gasteiger partial charge in [-0.2, -0.15) is 0 Å². The van der Waals surface area contributed by atoms with Gasteiger partial charge in [0.1, 0.15) is 0 Å². The van der Waals surface area contributed by atoms with Crippen LogP contribution in [-0.2, 0) is 0 Å². The van der Waals surface area contributed by atoms with Gasteiger partial charge in [0, 0.05) is 0 Å². The maximum atomic E-state index is 2.51. The maximum absolute atomic E-state index is 2.51. The minimum Gasteiger partial charge on any atom is -0.0648 e. The van der Waals surface area contributed by atoms with Crippen LogP contribution in [0, 0.1) is 45.8 Å². The molecule has 2 aliphatic rings. The molecule has 0 aliphatic heterocycles. The highest BCUT2D eigenvalue weighted by Gasteiger charge is 2.46. The molecule has 0 aromatic rings. The third-order valence-electron chi connectivity index (χ3n) is 8.58. The van der Waals surface area contributed by atoms with Crippen LogP contribution in [0.15, 0.2) is 0 Å². The van der Waals surface area contributed by atoms with Crippen molar-refractivity contribution >= 4 is 0 Å². The van der Waals surface area contributed by atoms with Gasteiger partial charge in [0.2, 0.25) is 0 Å². The van der Waals surface area contributed by atoms with Crippen molar-refractivity contribution in [1.29, 1.82) is 0 Å². The Hall–Kier alpha value is 0. The minimum absolute atomic E-state index is 0.571. The molecule has 0 N–H and O–H groups in total. The van der Waals surface area contributed by atoms with Crippen LogP contribution in [-0.4, -0.2) is 0 Å². The Labute approximate surface area is 167 Å². The molecule has 0 bridgehead atoms. The van der Waals surface area contributed by atoms with E-state index in [9.17, 15) is 0 Å². The minimum atomic E-state index is 0.571. The van der Waals surface area contributed by atoms with E-state index in [0.717, 1.165) is 29.6 Å². The fourth-order valence-electron chi connectivity index (χ4n) is 6.45. The zero-order valence-electron chi connectivity index (χ0n) is 20.3. The summed E-state index contributed by atoms with van der Waals surface area (Å²) in [5, 5.41) is 0. The van der Waals surface area contributed by atoms with E-state index >= 15 is 0 Å². The first-order valence-electron chi connectivity index (χ1n) is 11.7. The Morgan fingerprint density at radius 3 is 1.73 bits per heavy atom. The van der Waals surface area contributed by atoms with Crippen molar-refractivity contribution in [3.8, 4) is 0 Å². The third-order valence-corrected chi connectivity index (χ3v) is 8.58. The second-order valence-electron chi connectivity index (χ2n) is 12.4. The van der Waals surface area contributed by atoms with Gasteiger partial charge in [-0.25, -0.2) is 0 Å². The molecule has 2 rings (SSSR count). The molecule has 2 fully saturated rings. The van der Waals surface area contributed by atoms with Gasteiger partial charge in [0.25, 0.3) is 0 Å². The summed E-state index contributed by atoms with van der Waals surface area (Å²) in [4.78, 5) is 0. The molecule has 5 unspecified atom stereocenters. The highest BCUT2D eigenvalue weighted by atomic mass is 14.5. The van der Waals surface area contributed by atoms with Crippen molar-refractivity contribution in [3.05, 3.63) is 0 Å². The van der Waals surface area contributed by atoms with E-state index in [2.05, 4.69) is 76.2 Å². The van der Waals surface area contributed by atoms with E-state index in [1.807, 2.05) is 0 Å². The van der Waals surface area contributed by atoms with Crippen LogP contribution in [0.25, 0.3) is 0 Å². The van der Waals surface area contributed by atoms with E-state index in [1.54, 1.807) is 0 Å². The summed E-state index contributed by atoms with van der Waals surface area (Å²) in [5.41, 5.74) is 1.78. The summed E-state index contributed by atoms with van der Waals surface area (Å²) >= 11 is 0. The molecule has 0 heteroatoms.